The largest absolute Gasteiger partial charge is 0.350 e. The molecule has 2 heterocycles. The number of nitrogens with zero attached hydrogens (tertiary/aromatic N) is 2. The Morgan fingerprint density at radius 2 is 2.12 bits per heavy atom. The predicted octanol–water partition coefficient (Wildman–Crippen LogP) is 3.20. The summed E-state index contributed by atoms with van der Waals surface area (Å²) in [6.07, 6.45) is 2.00. The third-order valence-corrected chi connectivity index (χ3v) is 5.89. The average Bonchev–Trinajstić information content (AvgIpc) is 3.32. The van der Waals surface area contributed by atoms with Gasteiger partial charge in [0.2, 0.25) is 5.91 Å². The number of hydrogen-bond donors (Lipinski definition) is 1. The number of benzene rings is 1. The highest BCUT2D eigenvalue weighted by Gasteiger charge is 2.28. The summed E-state index contributed by atoms with van der Waals surface area (Å²) >= 11 is 2.95. The minimum Gasteiger partial charge on any atom is -0.350 e. The lowest BCUT2D eigenvalue weighted by molar-refractivity contribution is -0.118. The molecule has 1 aliphatic rings. The van der Waals surface area contributed by atoms with Gasteiger partial charge in [0.25, 0.3) is 5.56 Å². The molecule has 2 aromatic heterocycles. The lowest BCUT2D eigenvalue weighted by Gasteiger charge is -2.12. The first-order chi connectivity index (χ1) is 12.2. The van der Waals surface area contributed by atoms with Gasteiger partial charge in [-0.3, -0.25) is 14.2 Å². The number of para-hydroxylation sites is 1. The highest BCUT2D eigenvalue weighted by atomic mass is 32.2. The van der Waals surface area contributed by atoms with E-state index in [-0.39, 0.29) is 23.3 Å². The van der Waals surface area contributed by atoms with Crippen molar-refractivity contribution in [3.8, 4) is 0 Å². The Balaban J connectivity index is 1.51. The molecule has 0 spiro atoms. The summed E-state index contributed by atoms with van der Waals surface area (Å²) in [4.78, 5) is 30.6. The van der Waals surface area contributed by atoms with Crippen LogP contribution in [0.2, 0.25) is 0 Å². The van der Waals surface area contributed by atoms with E-state index in [4.69, 9.17) is 0 Å². The molecular formula is C18H17N3O2S2. The van der Waals surface area contributed by atoms with Crippen LogP contribution < -0.4 is 10.9 Å². The molecule has 4 rings (SSSR count). The van der Waals surface area contributed by atoms with Crippen LogP contribution in [0, 0.1) is 0 Å². The zero-order valence-corrected chi connectivity index (χ0v) is 15.1. The first kappa shape index (κ1) is 16.4. The molecule has 0 saturated heterocycles. The van der Waals surface area contributed by atoms with Crippen LogP contribution in [0.1, 0.15) is 23.8 Å². The van der Waals surface area contributed by atoms with Crippen molar-refractivity contribution in [2.24, 2.45) is 0 Å². The molecule has 1 aliphatic carbocycles. The van der Waals surface area contributed by atoms with Crippen LogP contribution in [0.15, 0.2) is 51.7 Å². The van der Waals surface area contributed by atoms with Gasteiger partial charge in [0.15, 0.2) is 5.16 Å². The molecule has 1 N–H and O–H groups in total. The van der Waals surface area contributed by atoms with E-state index in [0.717, 1.165) is 17.7 Å². The number of carbonyl (C=O) groups is 1. The van der Waals surface area contributed by atoms with Gasteiger partial charge in [0.05, 0.1) is 23.2 Å². The van der Waals surface area contributed by atoms with Crippen LogP contribution >= 0.6 is 23.1 Å². The standard InChI is InChI=1S/C18H17N3O2S2/c22-16(19-10-13-4-3-9-24-13)11-25-18-20-15-6-2-1-5-14(15)17(23)21(18)12-7-8-12/h1-6,9,12H,7-8,10-11H2,(H,19,22). The Labute approximate surface area is 153 Å². The fourth-order valence-electron chi connectivity index (χ4n) is 2.66. The Hall–Kier alpha value is -2.12. The highest BCUT2D eigenvalue weighted by molar-refractivity contribution is 7.99. The Morgan fingerprint density at radius 1 is 1.28 bits per heavy atom. The van der Waals surface area contributed by atoms with Crippen molar-refractivity contribution in [2.45, 2.75) is 30.6 Å². The molecule has 1 aromatic carbocycles. The van der Waals surface area contributed by atoms with Gasteiger partial charge in [-0.15, -0.1) is 11.3 Å². The summed E-state index contributed by atoms with van der Waals surface area (Å²) < 4.78 is 1.76. The Kier molecular flexibility index (Phi) is 4.59. The van der Waals surface area contributed by atoms with Gasteiger partial charge in [-0.25, -0.2) is 4.98 Å². The van der Waals surface area contributed by atoms with E-state index in [9.17, 15) is 9.59 Å². The van der Waals surface area contributed by atoms with E-state index < -0.39 is 0 Å². The summed E-state index contributed by atoms with van der Waals surface area (Å²) in [6, 6.07) is 11.6. The number of thioether (sulfide) groups is 1. The van der Waals surface area contributed by atoms with Crippen molar-refractivity contribution in [3.05, 3.63) is 57.0 Å². The summed E-state index contributed by atoms with van der Waals surface area (Å²) in [5.74, 6) is 0.200. The van der Waals surface area contributed by atoms with Crippen LogP contribution in [0.25, 0.3) is 10.9 Å². The zero-order chi connectivity index (χ0) is 17.2. The smallest absolute Gasteiger partial charge is 0.262 e. The normalized spacial score (nSPS) is 13.9. The molecule has 128 valence electrons. The molecule has 0 unspecified atom stereocenters. The summed E-state index contributed by atoms with van der Waals surface area (Å²) in [6.45, 7) is 0.539. The summed E-state index contributed by atoms with van der Waals surface area (Å²) in [7, 11) is 0. The van der Waals surface area contributed by atoms with Crippen LogP contribution in [0.4, 0.5) is 0 Å². The monoisotopic (exact) mass is 371 g/mol. The van der Waals surface area contributed by atoms with Gasteiger partial charge in [-0.2, -0.15) is 0 Å². The van der Waals surface area contributed by atoms with Crippen molar-refractivity contribution in [1.29, 1.82) is 0 Å². The van der Waals surface area contributed by atoms with Crippen LogP contribution in [-0.2, 0) is 11.3 Å². The highest BCUT2D eigenvalue weighted by Crippen LogP contribution is 2.36. The molecule has 1 amide bonds. The van der Waals surface area contributed by atoms with Gasteiger partial charge in [0.1, 0.15) is 0 Å². The van der Waals surface area contributed by atoms with E-state index in [0.29, 0.717) is 22.6 Å². The zero-order valence-electron chi connectivity index (χ0n) is 13.5. The number of thiophene rings is 1. The third kappa shape index (κ3) is 3.62. The van der Waals surface area contributed by atoms with E-state index in [1.165, 1.54) is 11.8 Å². The first-order valence-electron chi connectivity index (χ1n) is 8.15. The molecule has 7 heteroatoms. The lowest BCUT2D eigenvalue weighted by atomic mass is 10.2. The van der Waals surface area contributed by atoms with E-state index in [1.54, 1.807) is 15.9 Å². The van der Waals surface area contributed by atoms with E-state index >= 15 is 0 Å². The van der Waals surface area contributed by atoms with Crippen molar-refractivity contribution in [2.75, 3.05) is 5.75 Å². The number of aromatic nitrogens is 2. The molecule has 0 aliphatic heterocycles. The molecule has 25 heavy (non-hydrogen) atoms. The molecule has 3 aromatic rings. The maximum Gasteiger partial charge on any atom is 0.262 e. The second kappa shape index (κ2) is 7.01. The van der Waals surface area contributed by atoms with Gasteiger partial charge in [-0.1, -0.05) is 30.0 Å². The number of nitrogens with one attached hydrogen (secondary N) is 1. The second-order valence-corrected chi connectivity index (χ2v) is 7.94. The number of amides is 1. The van der Waals surface area contributed by atoms with Crippen LogP contribution in [0.5, 0.6) is 0 Å². The summed E-state index contributed by atoms with van der Waals surface area (Å²) in [5.41, 5.74) is 0.681. The maximum atomic E-state index is 12.8. The lowest BCUT2D eigenvalue weighted by Crippen LogP contribution is -2.26. The van der Waals surface area contributed by atoms with E-state index in [1.807, 2.05) is 41.8 Å². The number of fused-ring (bicyclic) bond motifs is 1. The average molecular weight is 371 g/mol. The van der Waals surface area contributed by atoms with Gasteiger partial charge >= 0.3 is 0 Å². The Bertz CT molecular complexity index is 962. The topological polar surface area (TPSA) is 64.0 Å². The number of rotatable bonds is 6. The molecule has 0 radical (unpaired) electrons. The van der Waals surface area contributed by atoms with Gasteiger partial charge in [0, 0.05) is 10.9 Å². The molecule has 1 fully saturated rings. The number of carbonyl (C=O) groups excluding carboxylic acids is 1. The third-order valence-electron chi connectivity index (χ3n) is 4.06. The van der Waals surface area contributed by atoms with Crippen molar-refractivity contribution in [1.82, 2.24) is 14.9 Å². The molecule has 5 nitrogen and oxygen atoms in total. The van der Waals surface area contributed by atoms with Crippen LogP contribution in [-0.4, -0.2) is 21.2 Å². The van der Waals surface area contributed by atoms with Crippen molar-refractivity contribution >= 4 is 39.9 Å². The molecule has 0 atom stereocenters. The number of hydrogen-bond acceptors (Lipinski definition) is 5. The van der Waals surface area contributed by atoms with Crippen molar-refractivity contribution in [3.63, 3.8) is 0 Å². The summed E-state index contributed by atoms with van der Waals surface area (Å²) in [5, 5.41) is 6.17. The molecular weight excluding hydrogens is 354 g/mol. The molecule has 0 bridgehead atoms. The SMILES string of the molecule is O=C(CSc1nc2ccccc2c(=O)n1C1CC1)NCc1cccs1. The van der Waals surface area contributed by atoms with Crippen molar-refractivity contribution < 1.29 is 4.79 Å². The second-order valence-electron chi connectivity index (χ2n) is 5.96. The maximum absolute atomic E-state index is 12.8. The quantitative estimate of drug-likeness (QED) is 0.534. The van der Waals surface area contributed by atoms with Gasteiger partial charge < -0.3 is 5.32 Å². The van der Waals surface area contributed by atoms with Gasteiger partial charge in [-0.05, 0) is 36.4 Å². The van der Waals surface area contributed by atoms with Crippen LogP contribution in [0.3, 0.4) is 0 Å². The Morgan fingerprint density at radius 3 is 2.88 bits per heavy atom. The fraction of sp³-hybridized carbons (Fsp3) is 0.278. The first-order valence-corrected chi connectivity index (χ1v) is 10.0. The van der Waals surface area contributed by atoms with E-state index in [2.05, 4.69) is 10.3 Å². The minimum atomic E-state index is -0.0526. The minimum absolute atomic E-state index is 0.00501. The molecule has 1 saturated carbocycles. The fourth-order valence-corrected chi connectivity index (χ4v) is 4.20. The predicted molar refractivity (Wildman–Crippen MR) is 101 cm³/mol.